The van der Waals surface area contributed by atoms with Gasteiger partial charge in [0.2, 0.25) is 17.6 Å². The summed E-state index contributed by atoms with van der Waals surface area (Å²) in [6.07, 6.45) is 5.77. The molecule has 0 bridgehead atoms. The minimum Gasteiger partial charge on any atom is -0.367 e. The molecule has 0 atom stereocenters. The van der Waals surface area contributed by atoms with E-state index in [2.05, 4.69) is 10.1 Å². The summed E-state index contributed by atoms with van der Waals surface area (Å²) in [6, 6.07) is 16.1. The van der Waals surface area contributed by atoms with Crippen molar-refractivity contribution in [2.45, 2.75) is 51.2 Å². The number of nitro groups is 1. The van der Waals surface area contributed by atoms with Crippen LogP contribution in [0.25, 0.3) is 11.4 Å². The predicted molar refractivity (Wildman–Crippen MR) is 125 cm³/mol. The lowest BCUT2D eigenvalue weighted by molar-refractivity contribution is -0.384. The first-order chi connectivity index (χ1) is 16.6. The average molecular weight is 465 g/mol. The summed E-state index contributed by atoms with van der Waals surface area (Å²) in [5, 5.41) is 15.0. The molecule has 34 heavy (non-hydrogen) atoms. The highest BCUT2D eigenvalue weighted by Crippen LogP contribution is 2.24. The van der Waals surface area contributed by atoms with Gasteiger partial charge in [-0.05, 0) is 18.4 Å². The van der Waals surface area contributed by atoms with Crippen LogP contribution in [0.4, 0.5) is 5.69 Å². The molecule has 1 aliphatic rings. The van der Waals surface area contributed by atoms with Crippen molar-refractivity contribution in [3.8, 4) is 11.4 Å². The number of nitrogens with zero attached hydrogens (tertiary/aromatic N) is 4. The molecule has 1 aromatic heterocycles. The minimum absolute atomic E-state index is 0.0220. The lowest BCUT2D eigenvalue weighted by Crippen LogP contribution is -2.44. The molecule has 0 saturated heterocycles. The second-order valence-electron chi connectivity index (χ2n) is 8.43. The van der Waals surface area contributed by atoms with Gasteiger partial charge in [0, 0.05) is 36.7 Å². The van der Waals surface area contributed by atoms with E-state index in [0.29, 0.717) is 36.9 Å². The molecule has 1 amide bonds. The zero-order valence-electron chi connectivity index (χ0n) is 19.0. The van der Waals surface area contributed by atoms with Crippen LogP contribution >= 0.6 is 0 Å². The maximum absolute atomic E-state index is 13.1. The van der Waals surface area contributed by atoms with Gasteiger partial charge in [-0.3, -0.25) is 14.9 Å². The van der Waals surface area contributed by atoms with Crippen LogP contribution in [0.1, 0.15) is 43.6 Å². The summed E-state index contributed by atoms with van der Waals surface area (Å²) in [4.78, 5) is 29.9. The first-order valence-electron chi connectivity index (χ1n) is 11.6. The quantitative estimate of drug-likeness (QED) is 0.319. The van der Waals surface area contributed by atoms with Crippen LogP contribution < -0.4 is 0 Å². The van der Waals surface area contributed by atoms with Gasteiger partial charge in [0.1, 0.15) is 6.61 Å². The summed E-state index contributed by atoms with van der Waals surface area (Å²) < 4.78 is 11.1. The summed E-state index contributed by atoms with van der Waals surface area (Å²) in [6.45, 7) is 0.865. The van der Waals surface area contributed by atoms with Crippen LogP contribution in [0.5, 0.6) is 0 Å². The second-order valence-corrected chi connectivity index (χ2v) is 8.43. The lowest BCUT2D eigenvalue weighted by Gasteiger charge is -2.34. The van der Waals surface area contributed by atoms with Crippen molar-refractivity contribution < 1.29 is 19.0 Å². The van der Waals surface area contributed by atoms with E-state index < -0.39 is 4.92 Å². The third-order valence-corrected chi connectivity index (χ3v) is 6.02. The van der Waals surface area contributed by atoms with Crippen LogP contribution in [-0.4, -0.2) is 45.1 Å². The van der Waals surface area contributed by atoms with Gasteiger partial charge in [-0.15, -0.1) is 0 Å². The zero-order chi connectivity index (χ0) is 23.8. The van der Waals surface area contributed by atoms with E-state index in [9.17, 15) is 14.9 Å². The monoisotopic (exact) mass is 464 g/mol. The van der Waals surface area contributed by atoms with E-state index in [-0.39, 0.29) is 24.2 Å². The number of aromatic nitrogens is 2. The standard InChI is InChI=1S/C25H28N4O5/c30-24(18-33-17-19-8-3-1-4-9-19)28(21-11-5-2-6-12-21)15-14-23-26-25(27-34-23)20-10-7-13-22(16-20)29(31)32/h1,3-4,7-10,13,16,21H,2,5-6,11-12,14-15,17-18H2. The Morgan fingerprint density at radius 2 is 1.91 bits per heavy atom. The lowest BCUT2D eigenvalue weighted by atomic mass is 9.94. The molecule has 0 N–H and O–H groups in total. The number of carbonyl (C=O) groups excluding carboxylic acids is 1. The van der Waals surface area contributed by atoms with Crippen LogP contribution in [0.2, 0.25) is 0 Å². The van der Waals surface area contributed by atoms with Gasteiger partial charge in [0.05, 0.1) is 11.5 Å². The van der Waals surface area contributed by atoms with Gasteiger partial charge in [0.15, 0.2) is 0 Å². The van der Waals surface area contributed by atoms with E-state index in [1.165, 1.54) is 18.6 Å². The van der Waals surface area contributed by atoms with Gasteiger partial charge in [-0.25, -0.2) is 0 Å². The van der Waals surface area contributed by atoms with Crippen molar-refractivity contribution in [3.63, 3.8) is 0 Å². The number of nitro benzene ring substituents is 1. The summed E-state index contributed by atoms with van der Waals surface area (Å²) >= 11 is 0. The number of carbonyl (C=O) groups is 1. The van der Waals surface area contributed by atoms with E-state index in [1.807, 2.05) is 35.2 Å². The Hall–Kier alpha value is -3.59. The Balaban J connectivity index is 1.38. The molecular weight excluding hydrogens is 436 g/mol. The second kappa shape index (κ2) is 11.5. The average Bonchev–Trinajstić information content (AvgIpc) is 3.35. The Morgan fingerprint density at radius 1 is 1.12 bits per heavy atom. The van der Waals surface area contributed by atoms with Gasteiger partial charge in [-0.2, -0.15) is 4.98 Å². The SMILES string of the molecule is O=C(COCc1ccccc1)N(CCc1nc(-c2cccc([N+](=O)[O-])c2)no1)C1CCCCC1. The molecule has 0 spiro atoms. The molecule has 3 aromatic rings. The number of hydrogen-bond acceptors (Lipinski definition) is 7. The van der Waals surface area contributed by atoms with Gasteiger partial charge < -0.3 is 14.2 Å². The molecular formula is C25H28N4O5. The fourth-order valence-corrected chi connectivity index (χ4v) is 4.27. The van der Waals surface area contributed by atoms with Crippen molar-refractivity contribution >= 4 is 11.6 Å². The fourth-order valence-electron chi connectivity index (χ4n) is 4.27. The maximum Gasteiger partial charge on any atom is 0.270 e. The van der Waals surface area contributed by atoms with Gasteiger partial charge in [0.25, 0.3) is 5.69 Å². The number of amides is 1. The maximum atomic E-state index is 13.1. The van der Waals surface area contributed by atoms with Crippen molar-refractivity contribution in [2.75, 3.05) is 13.2 Å². The van der Waals surface area contributed by atoms with Crippen molar-refractivity contribution in [1.29, 1.82) is 0 Å². The van der Waals surface area contributed by atoms with Gasteiger partial charge >= 0.3 is 0 Å². The van der Waals surface area contributed by atoms with Gasteiger partial charge in [-0.1, -0.05) is 66.9 Å². The molecule has 1 fully saturated rings. The Bertz CT molecular complexity index is 1100. The molecule has 0 radical (unpaired) electrons. The topological polar surface area (TPSA) is 112 Å². The molecule has 1 aliphatic carbocycles. The van der Waals surface area contributed by atoms with E-state index >= 15 is 0 Å². The van der Waals surface area contributed by atoms with Crippen molar-refractivity contribution in [2.24, 2.45) is 0 Å². The van der Waals surface area contributed by atoms with Crippen LogP contribution in [0.15, 0.2) is 59.1 Å². The van der Waals surface area contributed by atoms with Crippen molar-refractivity contribution in [3.05, 3.63) is 76.2 Å². The zero-order valence-corrected chi connectivity index (χ0v) is 19.0. The summed E-state index contributed by atoms with van der Waals surface area (Å²) in [7, 11) is 0. The molecule has 0 unspecified atom stereocenters. The molecule has 0 aliphatic heterocycles. The molecule has 9 nitrogen and oxygen atoms in total. The van der Waals surface area contributed by atoms with Crippen LogP contribution in [-0.2, 0) is 22.6 Å². The summed E-state index contributed by atoms with van der Waals surface area (Å²) in [5.74, 6) is 0.641. The number of benzene rings is 2. The fraction of sp³-hybridized carbons (Fsp3) is 0.400. The van der Waals surface area contributed by atoms with E-state index in [4.69, 9.17) is 9.26 Å². The van der Waals surface area contributed by atoms with Crippen molar-refractivity contribution in [1.82, 2.24) is 15.0 Å². The molecule has 9 heteroatoms. The largest absolute Gasteiger partial charge is 0.367 e. The molecule has 1 saturated carbocycles. The first-order valence-corrected chi connectivity index (χ1v) is 11.6. The summed E-state index contributed by atoms with van der Waals surface area (Å²) in [5.41, 5.74) is 1.51. The number of ether oxygens (including phenoxy) is 1. The Morgan fingerprint density at radius 3 is 2.68 bits per heavy atom. The normalized spacial score (nSPS) is 14.1. The predicted octanol–water partition coefficient (Wildman–Crippen LogP) is 4.57. The molecule has 4 rings (SSSR count). The molecule has 1 heterocycles. The minimum atomic E-state index is -0.460. The Kier molecular flexibility index (Phi) is 7.98. The van der Waals surface area contributed by atoms with E-state index in [0.717, 1.165) is 31.2 Å². The highest BCUT2D eigenvalue weighted by atomic mass is 16.6. The number of non-ortho nitro benzene ring substituents is 1. The van der Waals surface area contributed by atoms with Crippen LogP contribution in [0, 0.1) is 10.1 Å². The van der Waals surface area contributed by atoms with Crippen LogP contribution in [0.3, 0.4) is 0 Å². The highest BCUT2D eigenvalue weighted by molar-refractivity contribution is 5.77. The molecule has 2 aromatic carbocycles. The Labute approximate surface area is 197 Å². The smallest absolute Gasteiger partial charge is 0.270 e. The number of rotatable bonds is 10. The third-order valence-electron chi connectivity index (χ3n) is 6.02. The van der Waals surface area contributed by atoms with E-state index in [1.54, 1.807) is 12.1 Å². The molecule has 178 valence electrons. The first kappa shape index (κ1) is 23.6. The number of hydrogen-bond donors (Lipinski definition) is 0. The third kappa shape index (κ3) is 6.26. The highest BCUT2D eigenvalue weighted by Gasteiger charge is 2.26.